The lowest BCUT2D eigenvalue weighted by atomic mass is 9.96. The zero-order chi connectivity index (χ0) is 21.6. The van der Waals surface area contributed by atoms with Gasteiger partial charge in [-0.25, -0.2) is 13.1 Å². The average Bonchev–Trinajstić information content (AvgIpc) is 2.67. The predicted octanol–water partition coefficient (Wildman–Crippen LogP) is 4.70. The maximum absolute atomic E-state index is 12.6. The first-order valence-corrected chi connectivity index (χ1v) is 11.6. The zero-order valence-electron chi connectivity index (χ0n) is 17.9. The van der Waals surface area contributed by atoms with Crippen molar-refractivity contribution in [3.8, 4) is 0 Å². The average molecular weight is 417 g/mol. The molecule has 0 aliphatic heterocycles. The van der Waals surface area contributed by atoms with Crippen molar-refractivity contribution < 1.29 is 13.2 Å². The van der Waals surface area contributed by atoms with Crippen molar-refractivity contribution in [1.82, 2.24) is 4.72 Å². The van der Waals surface area contributed by atoms with Gasteiger partial charge in [0.05, 0.1) is 10.8 Å². The number of hydrogen-bond acceptors (Lipinski definition) is 3. The normalized spacial score (nSPS) is 13.9. The Bertz CT molecular complexity index is 904. The van der Waals surface area contributed by atoms with Gasteiger partial charge in [-0.3, -0.25) is 4.79 Å². The molecule has 0 heterocycles. The molecule has 2 rings (SSSR count). The van der Waals surface area contributed by atoms with Crippen molar-refractivity contribution in [2.75, 3.05) is 5.32 Å². The lowest BCUT2D eigenvalue weighted by Crippen LogP contribution is -2.31. The zero-order valence-corrected chi connectivity index (χ0v) is 18.7. The number of amides is 1. The Morgan fingerprint density at radius 1 is 0.931 bits per heavy atom. The Morgan fingerprint density at radius 2 is 1.52 bits per heavy atom. The molecule has 1 amide bonds. The van der Waals surface area contributed by atoms with Crippen molar-refractivity contribution in [2.45, 2.75) is 64.3 Å². The predicted molar refractivity (Wildman–Crippen MR) is 119 cm³/mol. The Hall–Kier alpha value is -2.18. The molecule has 0 radical (unpaired) electrons. The molecule has 6 heteroatoms. The van der Waals surface area contributed by atoms with Crippen molar-refractivity contribution in [2.24, 2.45) is 5.92 Å². The van der Waals surface area contributed by atoms with Gasteiger partial charge in [-0.05, 0) is 68.0 Å². The van der Waals surface area contributed by atoms with Gasteiger partial charge in [0.25, 0.3) is 0 Å². The molecule has 2 aromatic carbocycles. The monoisotopic (exact) mass is 416 g/mol. The van der Waals surface area contributed by atoms with Crippen molar-refractivity contribution in [3.63, 3.8) is 0 Å². The van der Waals surface area contributed by atoms with E-state index < -0.39 is 10.0 Å². The van der Waals surface area contributed by atoms with Crippen molar-refractivity contribution in [3.05, 3.63) is 59.7 Å². The highest BCUT2D eigenvalue weighted by Gasteiger charge is 2.18. The molecule has 2 N–H and O–H groups in total. The van der Waals surface area contributed by atoms with Crippen LogP contribution in [0.25, 0.3) is 0 Å². The van der Waals surface area contributed by atoms with Gasteiger partial charge in [-0.15, -0.1) is 0 Å². The Labute approximate surface area is 175 Å². The highest BCUT2D eigenvalue weighted by Crippen LogP contribution is 2.21. The van der Waals surface area contributed by atoms with Crippen LogP contribution in [0.15, 0.2) is 53.4 Å². The van der Waals surface area contributed by atoms with E-state index in [0.717, 1.165) is 12.0 Å². The number of hydrogen-bond donors (Lipinski definition) is 2. The topological polar surface area (TPSA) is 75.3 Å². The van der Waals surface area contributed by atoms with E-state index in [2.05, 4.69) is 36.0 Å². The molecule has 2 unspecified atom stereocenters. The van der Waals surface area contributed by atoms with Crippen LogP contribution in [0.5, 0.6) is 0 Å². The highest BCUT2D eigenvalue weighted by molar-refractivity contribution is 7.89. The fourth-order valence-corrected chi connectivity index (χ4v) is 4.28. The molecule has 5 nitrogen and oxygen atoms in total. The number of carbonyl (C=O) groups excluding carboxylic acids is 1. The van der Waals surface area contributed by atoms with Gasteiger partial charge in [0, 0.05) is 11.7 Å². The van der Waals surface area contributed by atoms with E-state index in [0.29, 0.717) is 18.0 Å². The molecule has 0 saturated heterocycles. The molecule has 0 bridgehead atoms. The molecule has 0 aliphatic rings. The molecule has 2 atom stereocenters. The van der Waals surface area contributed by atoms with Gasteiger partial charge in [0.1, 0.15) is 0 Å². The summed E-state index contributed by atoms with van der Waals surface area (Å²) in [6.07, 6.45) is 1.73. The van der Waals surface area contributed by atoms with E-state index in [9.17, 15) is 13.2 Å². The fraction of sp³-hybridized carbons (Fsp3) is 0.435. The number of benzene rings is 2. The molecular weight excluding hydrogens is 384 g/mol. The lowest BCUT2D eigenvalue weighted by Gasteiger charge is -2.15. The van der Waals surface area contributed by atoms with Crippen LogP contribution in [0.1, 0.15) is 58.1 Å². The van der Waals surface area contributed by atoms with Gasteiger partial charge in [0.15, 0.2) is 0 Å². The lowest BCUT2D eigenvalue weighted by molar-refractivity contribution is -0.117. The van der Waals surface area contributed by atoms with E-state index >= 15 is 0 Å². The van der Waals surface area contributed by atoms with Crippen molar-refractivity contribution >= 4 is 21.6 Å². The summed E-state index contributed by atoms with van der Waals surface area (Å²) in [7, 11) is -3.55. The van der Waals surface area contributed by atoms with Crippen LogP contribution in [0.3, 0.4) is 0 Å². The maximum Gasteiger partial charge on any atom is 0.240 e. The minimum Gasteiger partial charge on any atom is -0.326 e. The Morgan fingerprint density at radius 3 is 2.03 bits per heavy atom. The third-order valence-electron chi connectivity index (χ3n) is 4.92. The minimum absolute atomic E-state index is 0.130. The largest absolute Gasteiger partial charge is 0.326 e. The number of carbonyl (C=O) groups is 1. The minimum atomic E-state index is -3.55. The van der Waals surface area contributed by atoms with Crippen LogP contribution in [-0.2, 0) is 21.2 Å². The molecular formula is C23H32N2O3S. The third-order valence-corrected chi connectivity index (χ3v) is 6.52. The fourth-order valence-electron chi connectivity index (χ4n) is 2.95. The number of nitrogens with one attached hydrogen (secondary N) is 2. The van der Waals surface area contributed by atoms with E-state index in [1.807, 2.05) is 32.9 Å². The molecule has 0 spiro atoms. The highest BCUT2D eigenvalue weighted by atomic mass is 32.2. The molecule has 0 aliphatic carbocycles. The summed E-state index contributed by atoms with van der Waals surface area (Å²) in [5, 5.41) is 2.86. The van der Waals surface area contributed by atoms with E-state index in [1.165, 1.54) is 17.7 Å². The van der Waals surface area contributed by atoms with Gasteiger partial charge in [-0.2, -0.15) is 0 Å². The number of rotatable bonds is 9. The first-order chi connectivity index (χ1) is 13.6. The summed E-state index contributed by atoms with van der Waals surface area (Å²) in [4.78, 5) is 12.8. The molecule has 158 valence electrons. The summed E-state index contributed by atoms with van der Waals surface area (Å²) in [5.41, 5.74) is 2.78. The van der Waals surface area contributed by atoms with Crippen LogP contribution in [0.4, 0.5) is 5.69 Å². The first kappa shape index (κ1) is 23.1. The molecule has 29 heavy (non-hydrogen) atoms. The Kier molecular flexibility index (Phi) is 7.99. The second-order valence-electron chi connectivity index (χ2n) is 8.01. The summed E-state index contributed by atoms with van der Waals surface area (Å²) in [6, 6.07) is 14.2. The van der Waals surface area contributed by atoms with Gasteiger partial charge < -0.3 is 5.32 Å². The van der Waals surface area contributed by atoms with Crippen LogP contribution >= 0.6 is 0 Å². The third kappa shape index (κ3) is 6.68. The molecule has 0 fully saturated rings. The van der Waals surface area contributed by atoms with Crippen LogP contribution in [-0.4, -0.2) is 20.4 Å². The van der Waals surface area contributed by atoms with Crippen LogP contribution in [0.2, 0.25) is 0 Å². The van der Waals surface area contributed by atoms with E-state index in [-0.39, 0.29) is 22.8 Å². The second-order valence-corrected chi connectivity index (χ2v) is 9.72. The van der Waals surface area contributed by atoms with Gasteiger partial charge >= 0.3 is 0 Å². The second kappa shape index (κ2) is 10.0. The van der Waals surface area contributed by atoms with Crippen LogP contribution in [0, 0.1) is 5.92 Å². The van der Waals surface area contributed by atoms with Gasteiger partial charge in [0.2, 0.25) is 15.9 Å². The Balaban J connectivity index is 2.03. The standard InChI is InChI=1S/C23H32N2O3S/c1-6-17(4)25-29(27,28)22-13-11-21(12-14-22)24-23(26)18(5)20-9-7-19(8-10-20)15-16(2)3/h7-14,16-18,25H,6,15H2,1-5H3,(H,24,26). The number of anilines is 1. The first-order valence-electron chi connectivity index (χ1n) is 10.1. The molecule has 2 aromatic rings. The van der Waals surface area contributed by atoms with Crippen molar-refractivity contribution in [1.29, 1.82) is 0 Å². The summed E-state index contributed by atoms with van der Waals surface area (Å²) < 4.78 is 27.3. The SMILES string of the molecule is CCC(C)NS(=O)(=O)c1ccc(NC(=O)C(C)c2ccc(CC(C)C)cc2)cc1. The maximum atomic E-state index is 12.6. The molecule has 0 saturated carbocycles. The van der Waals surface area contributed by atoms with E-state index in [4.69, 9.17) is 0 Å². The molecule has 0 aromatic heterocycles. The van der Waals surface area contributed by atoms with E-state index in [1.54, 1.807) is 12.1 Å². The number of sulfonamides is 1. The van der Waals surface area contributed by atoms with Crippen LogP contribution < -0.4 is 10.0 Å². The summed E-state index contributed by atoms with van der Waals surface area (Å²) in [5.74, 6) is 0.155. The smallest absolute Gasteiger partial charge is 0.240 e. The quantitative estimate of drug-likeness (QED) is 0.622. The van der Waals surface area contributed by atoms with Gasteiger partial charge in [-0.1, -0.05) is 45.0 Å². The summed E-state index contributed by atoms with van der Waals surface area (Å²) in [6.45, 7) is 9.97. The summed E-state index contributed by atoms with van der Waals surface area (Å²) >= 11 is 0.